The third-order valence-corrected chi connectivity index (χ3v) is 5.52. The van der Waals surface area contributed by atoms with Gasteiger partial charge in [-0.3, -0.25) is 9.69 Å². The number of aryl methyl sites for hydroxylation is 1. The number of ether oxygens (including phenoxy) is 2. The lowest BCUT2D eigenvalue weighted by Crippen LogP contribution is -2.47. The maximum atomic E-state index is 14.1. The molecule has 0 spiro atoms. The SMILES string of the molecule is CCOC(=O)/C=C/c1ccc(C)c(OC(C)(C)C(=O)N(c2ccccc2C#N)c2ccccc2C#N)c1. The number of carbonyl (C=O) groups is 2. The molecule has 0 aliphatic carbocycles. The van der Waals surface area contributed by atoms with E-state index in [0.29, 0.717) is 22.7 Å². The Bertz CT molecular complexity index is 1370. The second-order valence-corrected chi connectivity index (χ2v) is 8.62. The third-order valence-electron chi connectivity index (χ3n) is 5.52. The summed E-state index contributed by atoms with van der Waals surface area (Å²) in [4.78, 5) is 27.2. The summed E-state index contributed by atoms with van der Waals surface area (Å²) < 4.78 is 11.2. The average molecular weight is 494 g/mol. The molecule has 186 valence electrons. The fourth-order valence-electron chi connectivity index (χ4n) is 3.65. The van der Waals surface area contributed by atoms with Crippen molar-refractivity contribution in [2.75, 3.05) is 11.5 Å². The lowest BCUT2D eigenvalue weighted by molar-refractivity contribution is -0.137. The van der Waals surface area contributed by atoms with Crippen LogP contribution in [0.5, 0.6) is 5.75 Å². The number of hydrogen-bond acceptors (Lipinski definition) is 6. The van der Waals surface area contributed by atoms with Gasteiger partial charge < -0.3 is 9.47 Å². The molecular formula is C30H27N3O4. The molecule has 0 radical (unpaired) electrons. The Hall–Kier alpha value is -4.88. The quantitative estimate of drug-likeness (QED) is 0.289. The normalized spacial score (nSPS) is 10.9. The number of benzene rings is 3. The summed E-state index contributed by atoms with van der Waals surface area (Å²) in [6.45, 7) is 7.13. The Balaban J connectivity index is 2.04. The van der Waals surface area contributed by atoms with Gasteiger partial charge in [-0.05, 0) is 75.2 Å². The van der Waals surface area contributed by atoms with Gasteiger partial charge in [0.1, 0.15) is 17.9 Å². The van der Waals surface area contributed by atoms with Crippen molar-refractivity contribution in [3.8, 4) is 17.9 Å². The van der Waals surface area contributed by atoms with Gasteiger partial charge in [0.2, 0.25) is 0 Å². The molecule has 0 aliphatic rings. The predicted molar refractivity (Wildman–Crippen MR) is 141 cm³/mol. The van der Waals surface area contributed by atoms with Crippen LogP contribution in [0, 0.1) is 29.6 Å². The molecule has 0 unspecified atom stereocenters. The number of rotatable bonds is 8. The molecule has 0 saturated heterocycles. The highest BCUT2D eigenvalue weighted by atomic mass is 16.5. The van der Waals surface area contributed by atoms with Gasteiger partial charge in [-0.1, -0.05) is 36.4 Å². The van der Waals surface area contributed by atoms with Crippen LogP contribution in [0.3, 0.4) is 0 Å². The van der Waals surface area contributed by atoms with E-state index >= 15 is 0 Å². The van der Waals surface area contributed by atoms with Crippen LogP contribution in [0.4, 0.5) is 11.4 Å². The fraction of sp³-hybridized carbons (Fsp3) is 0.200. The Morgan fingerprint density at radius 2 is 1.51 bits per heavy atom. The van der Waals surface area contributed by atoms with Gasteiger partial charge >= 0.3 is 5.97 Å². The molecule has 0 aliphatic heterocycles. The summed E-state index contributed by atoms with van der Waals surface area (Å²) in [5.74, 6) is -0.472. The van der Waals surface area contributed by atoms with Crippen molar-refractivity contribution >= 4 is 29.3 Å². The van der Waals surface area contributed by atoms with Crippen LogP contribution in [-0.4, -0.2) is 24.1 Å². The van der Waals surface area contributed by atoms with E-state index in [1.807, 2.05) is 19.1 Å². The maximum absolute atomic E-state index is 14.1. The molecule has 3 aromatic carbocycles. The molecule has 0 heterocycles. The van der Waals surface area contributed by atoms with Crippen LogP contribution in [0.2, 0.25) is 0 Å². The van der Waals surface area contributed by atoms with Crippen LogP contribution in [0.1, 0.15) is 43.0 Å². The van der Waals surface area contributed by atoms with Crippen molar-refractivity contribution in [1.29, 1.82) is 10.5 Å². The molecule has 7 nitrogen and oxygen atoms in total. The lowest BCUT2D eigenvalue weighted by atomic mass is 10.0. The van der Waals surface area contributed by atoms with Gasteiger partial charge in [-0.15, -0.1) is 0 Å². The number of carbonyl (C=O) groups excluding carboxylic acids is 2. The minimum absolute atomic E-state index is 0.279. The van der Waals surface area contributed by atoms with Crippen molar-refractivity contribution < 1.29 is 19.1 Å². The summed E-state index contributed by atoms with van der Waals surface area (Å²) in [7, 11) is 0. The van der Waals surface area contributed by atoms with Crippen LogP contribution in [-0.2, 0) is 14.3 Å². The Kier molecular flexibility index (Phi) is 8.45. The van der Waals surface area contributed by atoms with Gasteiger partial charge in [0.15, 0.2) is 5.60 Å². The topological polar surface area (TPSA) is 103 Å². The highest BCUT2D eigenvalue weighted by Crippen LogP contribution is 2.35. The Morgan fingerprint density at radius 1 is 0.946 bits per heavy atom. The highest BCUT2D eigenvalue weighted by Gasteiger charge is 2.38. The van der Waals surface area contributed by atoms with Crippen molar-refractivity contribution in [2.45, 2.75) is 33.3 Å². The largest absolute Gasteiger partial charge is 0.478 e. The lowest BCUT2D eigenvalue weighted by Gasteiger charge is -2.33. The van der Waals surface area contributed by atoms with Crippen LogP contribution in [0.15, 0.2) is 72.8 Å². The zero-order valence-electron chi connectivity index (χ0n) is 21.2. The molecule has 0 aromatic heterocycles. The van der Waals surface area contributed by atoms with Gasteiger partial charge in [0, 0.05) is 6.08 Å². The van der Waals surface area contributed by atoms with E-state index in [1.165, 1.54) is 11.0 Å². The molecule has 3 rings (SSSR count). The summed E-state index contributed by atoms with van der Waals surface area (Å²) in [6.07, 6.45) is 2.94. The smallest absolute Gasteiger partial charge is 0.330 e. The maximum Gasteiger partial charge on any atom is 0.330 e. The van der Waals surface area contributed by atoms with Crippen molar-refractivity contribution in [1.82, 2.24) is 0 Å². The van der Waals surface area contributed by atoms with E-state index in [4.69, 9.17) is 9.47 Å². The molecule has 0 N–H and O–H groups in total. The molecule has 0 fully saturated rings. The molecular weight excluding hydrogens is 466 g/mol. The number of esters is 1. The van der Waals surface area contributed by atoms with E-state index in [0.717, 1.165) is 5.56 Å². The highest BCUT2D eigenvalue weighted by molar-refractivity contribution is 6.07. The first-order valence-electron chi connectivity index (χ1n) is 11.7. The predicted octanol–water partition coefficient (Wildman–Crippen LogP) is 5.84. The minimum Gasteiger partial charge on any atom is -0.478 e. The van der Waals surface area contributed by atoms with E-state index in [1.54, 1.807) is 81.4 Å². The zero-order chi connectivity index (χ0) is 27.0. The number of hydrogen-bond donors (Lipinski definition) is 0. The van der Waals surface area contributed by atoms with Crippen molar-refractivity contribution in [2.24, 2.45) is 0 Å². The Morgan fingerprint density at radius 3 is 2.05 bits per heavy atom. The van der Waals surface area contributed by atoms with Gasteiger partial charge in [0.25, 0.3) is 5.91 Å². The fourth-order valence-corrected chi connectivity index (χ4v) is 3.65. The number of amides is 1. The second kappa shape index (κ2) is 11.7. The first kappa shape index (κ1) is 26.7. The minimum atomic E-state index is -1.40. The molecule has 0 atom stereocenters. The number of nitriles is 2. The summed E-state index contributed by atoms with van der Waals surface area (Å²) in [5.41, 5.74) is 1.33. The van der Waals surface area contributed by atoms with E-state index in [2.05, 4.69) is 12.1 Å². The standard InChI is InChI=1S/C30H27N3O4/c1-5-36-28(34)17-16-22-15-14-21(2)27(18-22)37-30(3,4)29(35)33(25-12-8-6-10-23(25)19-31)26-13-9-7-11-24(26)20-32/h6-18H,5H2,1-4H3/b17-16+. The summed E-state index contributed by atoms with van der Waals surface area (Å²) in [5, 5.41) is 19.5. The van der Waals surface area contributed by atoms with Crippen LogP contribution in [0.25, 0.3) is 6.08 Å². The monoisotopic (exact) mass is 493 g/mol. The summed E-state index contributed by atoms with van der Waals surface area (Å²) >= 11 is 0. The molecule has 37 heavy (non-hydrogen) atoms. The first-order chi connectivity index (χ1) is 17.7. The molecule has 1 amide bonds. The van der Waals surface area contributed by atoms with Crippen LogP contribution >= 0.6 is 0 Å². The zero-order valence-corrected chi connectivity index (χ0v) is 21.2. The summed E-state index contributed by atoms with van der Waals surface area (Å²) in [6, 6.07) is 23.0. The third kappa shape index (κ3) is 6.22. The van der Waals surface area contributed by atoms with E-state index in [-0.39, 0.29) is 17.7 Å². The van der Waals surface area contributed by atoms with Gasteiger partial charge in [-0.25, -0.2) is 4.79 Å². The molecule has 0 bridgehead atoms. The average Bonchev–Trinajstić information content (AvgIpc) is 2.89. The van der Waals surface area contributed by atoms with E-state index in [9.17, 15) is 20.1 Å². The van der Waals surface area contributed by atoms with Crippen LogP contribution < -0.4 is 9.64 Å². The molecule has 3 aromatic rings. The van der Waals surface area contributed by atoms with Gasteiger partial charge in [-0.2, -0.15) is 10.5 Å². The van der Waals surface area contributed by atoms with E-state index < -0.39 is 17.5 Å². The first-order valence-corrected chi connectivity index (χ1v) is 11.7. The van der Waals surface area contributed by atoms with Crippen molar-refractivity contribution in [3.63, 3.8) is 0 Å². The second-order valence-electron chi connectivity index (χ2n) is 8.62. The number of anilines is 2. The van der Waals surface area contributed by atoms with Gasteiger partial charge in [0.05, 0.1) is 29.1 Å². The molecule has 0 saturated carbocycles. The van der Waals surface area contributed by atoms with Crippen molar-refractivity contribution in [3.05, 3.63) is 95.1 Å². The molecule has 7 heteroatoms. The number of nitrogens with zero attached hydrogens (tertiary/aromatic N) is 3. The number of para-hydroxylation sites is 2. The Labute approximate surface area is 216 Å².